The number of nitrogens with zero attached hydrogens (tertiary/aromatic N) is 3. The first-order chi connectivity index (χ1) is 11.1. The van der Waals surface area contributed by atoms with Gasteiger partial charge in [0, 0.05) is 28.8 Å². The zero-order valence-corrected chi connectivity index (χ0v) is 13.6. The molecule has 2 heterocycles. The van der Waals surface area contributed by atoms with Gasteiger partial charge in [0.2, 0.25) is 0 Å². The van der Waals surface area contributed by atoms with Crippen LogP contribution in [0.4, 0.5) is 11.5 Å². The van der Waals surface area contributed by atoms with Crippen LogP contribution in [-0.2, 0) is 4.74 Å². The summed E-state index contributed by atoms with van der Waals surface area (Å²) in [5, 5.41) is 3.59. The molecule has 1 saturated heterocycles. The molecule has 1 aliphatic rings. The maximum absolute atomic E-state index is 12.2. The van der Waals surface area contributed by atoms with Gasteiger partial charge in [-0.3, -0.25) is 4.79 Å². The molecule has 0 radical (unpaired) electrons. The first kappa shape index (κ1) is 16.0. The fourth-order valence-electron chi connectivity index (χ4n) is 2.22. The predicted molar refractivity (Wildman–Crippen MR) is 89.5 cm³/mol. The Bertz CT molecular complexity index is 683. The maximum Gasteiger partial charge on any atom is 0.275 e. The summed E-state index contributed by atoms with van der Waals surface area (Å²) < 4.78 is 5.29. The number of nitrogens with one attached hydrogen (secondary N) is 1. The number of carbonyl (C=O) groups excluding carboxylic acids is 1. The van der Waals surface area contributed by atoms with Crippen molar-refractivity contribution in [3.63, 3.8) is 0 Å². The van der Waals surface area contributed by atoms with E-state index < -0.39 is 0 Å². The normalized spacial score (nSPS) is 14.6. The van der Waals surface area contributed by atoms with Crippen LogP contribution in [0.3, 0.4) is 0 Å². The van der Waals surface area contributed by atoms with Gasteiger partial charge in [0.05, 0.1) is 25.6 Å². The highest BCUT2D eigenvalue weighted by atomic mass is 35.5. The Hall–Kier alpha value is -1.89. The average molecular weight is 353 g/mol. The second kappa shape index (κ2) is 7.12. The average Bonchev–Trinajstić information content (AvgIpc) is 2.55. The van der Waals surface area contributed by atoms with Crippen molar-refractivity contribution in [1.82, 2.24) is 9.97 Å². The SMILES string of the molecule is O=C(Nc1cc(Cl)cc(Cl)c1)c1cnc(N2CCOCC2)cn1. The van der Waals surface area contributed by atoms with Gasteiger partial charge in [0.1, 0.15) is 11.5 Å². The molecule has 8 heteroatoms. The smallest absolute Gasteiger partial charge is 0.275 e. The third-order valence-corrected chi connectivity index (χ3v) is 3.76. The molecule has 0 bridgehead atoms. The fourth-order valence-corrected chi connectivity index (χ4v) is 2.74. The van der Waals surface area contributed by atoms with E-state index in [-0.39, 0.29) is 11.6 Å². The third-order valence-electron chi connectivity index (χ3n) is 3.33. The molecule has 1 amide bonds. The zero-order chi connectivity index (χ0) is 16.2. The Morgan fingerprint density at radius 2 is 1.78 bits per heavy atom. The van der Waals surface area contributed by atoms with Crippen LogP contribution in [0.5, 0.6) is 0 Å². The standard InChI is InChI=1S/C15H14Cl2N4O2/c16-10-5-11(17)7-12(6-10)20-15(22)13-8-19-14(9-18-13)21-1-3-23-4-2-21/h5-9H,1-4H2,(H,20,22). The highest BCUT2D eigenvalue weighted by Crippen LogP contribution is 2.22. The monoisotopic (exact) mass is 352 g/mol. The number of morpholine rings is 1. The molecule has 1 aliphatic heterocycles. The first-order valence-corrected chi connectivity index (χ1v) is 7.79. The van der Waals surface area contributed by atoms with Crippen molar-refractivity contribution < 1.29 is 9.53 Å². The predicted octanol–water partition coefficient (Wildman–Crippen LogP) is 2.87. The van der Waals surface area contributed by atoms with E-state index in [0.29, 0.717) is 28.9 Å². The van der Waals surface area contributed by atoms with Crippen LogP contribution < -0.4 is 10.2 Å². The molecule has 0 aliphatic carbocycles. The number of benzene rings is 1. The largest absolute Gasteiger partial charge is 0.378 e. The van der Waals surface area contributed by atoms with E-state index in [0.717, 1.165) is 18.9 Å². The molecule has 1 fully saturated rings. The topological polar surface area (TPSA) is 67.4 Å². The van der Waals surface area contributed by atoms with Crippen molar-refractivity contribution in [2.45, 2.75) is 0 Å². The lowest BCUT2D eigenvalue weighted by molar-refractivity contribution is 0.102. The van der Waals surface area contributed by atoms with Crippen LogP contribution in [0.25, 0.3) is 0 Å². The summed E-state index contributed by atoms with van der Waals surface area (Å²) in [4.78, 5) is 22.7. The molecule has 23 heavy (non-hydrogen) atoms. The van der Waals surface area contributed by atoms with Gasteiger partial charge in [-0.25, -0.2) is 9.97 Å². The van der Waals surface area contributed by atoms with Gasteiger partial charge in [0.25, 0.3) is 5.91 Å². The summed E-state index contributed by atoms with van der Waals surface area (Å²) in [6.07, 6.45) is 3.04. The van der Waals surface area contributed by atoms with E-state index in [1.54, 1.807) is 24.4 Å². The lowest BCUT2D eigenvalue weighted by Crippen LogP contribution is -2.36. The molecule has 3 rings (SSSR count). The van der Waals surface area contributed by atoms with Crippen LogP contribution in [0.15, 0.2) is 30.6 Å². The molecule has 120 valence electrons. The first-order valence-electron chi connectivity index (χ1n) is 7.04. The number of rotatable bonds is 3. The van der Waals surface area contributed by atoms with Gasteiger partial charge >= 0.3 is 0 Å². The lowest BCUT2D eigenvalue weighted by Gasteiger charge is -2.27. The summed E-state index contributed by atoms with van der Waals surface area (Å²) >= 11 is 11.8. The van der Waals surface area contributed by atoms with Crippen molar-refractivity contribution in [3.8, 4) is 0 Å². The number of aromatic nitrogens is 2. The summed E-state index contributed by atoms with van der Waals surface area (Å²) in [5.41, 5.74) is 0.727. The van der Waals surface area contributed by atoms with Crippen LogP contribution in [0.2, 0.25) is 10.0 Å². The molecule has 0 spiro atoms. The number of anilines is 2. The molecule has 1 N–H and O–H groups in total. The number of halogens is 2. The van der Waals surface area contributed by atoms with Crippen molar-refractivity contribution in [1.29, 1.82) is 0 Å². The molecule has 0 atom stereocenters. The Morgan fingerprint density at radius 3 is 2.39 bits per heavy atom. The number of carbonyl (C=O) groups is 1. The second-order valence-corrected chi connectivity index (χ2v) is 5.84. The number of amides is 1. The van der Waals surface area contributed by atoms with Crippen molar-refractivity contribution in [3.05, 3.63) is 46.3 Å². The van der Waals surface area contributed by atoms with E-state index in [1.165, 1.54) is 6.20 Å². The van der Waals surface area contributed by atoms with Gasteiger partial charge in [-0.2, -0.15) is 0 Å². The van der Waals surface area contributed by atoms with Gasteiger partial charge in [0.15, 0.2) is 0 Å². The molecule has 6 nitrogen and oxygen atoms in total. The number of hydrogen-bond acceptors (Lipinski definition) is 5. The molecule has 1 aromatic heterocycles. The van der Waals surface area contributed by atoms with Gasteiger partial charge in [-0.1, -0.05) is 23.2 Å². The molecule has 0 unspecified atom stereocenters. The van der Waals surface area contributed by atoms with E-state index in [1.807, 2.05) is 0 Å². The van der Waals surface area contributed by atoms with Gasteiger partial charge in [-0.15, -0.1) is 0 Å². The molecular formula is C15H14Cl2N4O2. The van der Waals surface area contributed by atoms with E-state index >= 15 is 0 Å². The minimum absolute atomic E-state index is 0.220. The highest BCUT2D eigenvalue weighted by Gasteiger charge is 2.14. The summed E-state index contributed by atoms with van der Waals surface area (Å²) in [7, 11) is 0. The summed E-state index contributed by atoms with van der Waals surface area (Å²) in [6, 6.07) is 4.82. The van der Waals surface area contributed by atoms with Crippen LogP contribution in [-0.4, -0.2) is 42.2 Å². The van der Waals surface area contributed by atoms with Gasteiger partial charge < -0.3 is 15.0 Å². The quantitative estimate of drug-likeness (QED) is 0.919. The second-order valence-electron chi connectivity index (χ2n) is 4.97. The van der Waals surface area contributed by atoms with Crippen molar-refractivity contribution >= 4 is 40.6 Å². The van der Waals surface area contributed by atoms with Crippen molar-refractivity contribution in [2.24, 2.45) is 0 Å². The Kier molecular flexibility index (Phi) is 4.95. The van der Waals surface area contributed by atoms with Crippen molar-refractivity contribution in [2.75, 3.05) is 36.5 Å². The Labute approximate surface area is 143 Å². The van der Waals surface area contributed by atoms with E-state index in [2.05, 4.69) is 20.2 Å². The zero-order valence-electron chi connectivity index (χ0n) is 12.1. The Morgan fingerprint density at radius 1 is 1.09 bits per heavy atom. The summed E-state index contributed by atoms with van der Waals surface area (Å²) in [6.45, 7) is 2.86. The summed E-state index contributed by atoms with van der Waals surface area (Å²) in [5.74, 6) is 0.361. The van der Waals surface area contributed by atoms with Gasteiger partial charge in [-0.05, 0) is 18.2 Å². The molecule has 2 aromatic rings. The van der Waals surface area contributed by atoms with Crippen LogP contribution >= 0.6 is 23.2 Å². The van der Waals surface area contributed by atoms with Crippen LogP contribution in [0.1, 0.15) is 10.5 Å². The molecule has 0 saturated carbocycles. The minimum atomic E-state index is -0.371. The molecule has 1 aromatic carbocycles. The van der Waals surface area contributed by atoms with E-state index in [9.17, 15) is 4.79 Å². The van der Waals surface area contributed by atoms with E-state index in [4.69, 9.17) is 27.9 Å². The Balaban J connectivity index is 1.69. The number of hydrogen-bond donors (Lipinski definition) is 1. The third kappa shape index (κ3) is 4.10. The van der Waals surface area contributed by atoms with Crippen LogP contribution in [0, 0.1) is 0 Å². The fraction of sp³-hybridized carbons (Fsp3) is 0.267. The maximum atomic E-state index is 12.2. The minimum Gasteiger partial charge on any atom is -0.378 e. The highest BCUT2D eigenvalue weighted by molar-refractivity contribution is 6.35. The number of ether oxygens (including phenoxy) is 1. The lowest BCUT2D eigenvalue weighted by atomic mass is 10.3. The molecular weight excluding hydrogens is 339 g/mol.